The molecule has 1 aliphatic heterocycles. The summed E-state index contributed by atoms with van der Waals surface area (Å²) in [5.41, 5.74) is 3.92. The number of rotatable bonds is 9. The van der Waals surface area contributed by atoms with Gasteiger partial charge in [0.25, 0.3) is 5.91 Å². The van der Waals surface area contributed by atoms with Gasteiger partial charge in [0.1, 0.15) is 0 Å². The maximum Gasteiger partial charge on any atom is 0.336 e. The number of allylic oxidation sites excluding steroid dienone is 3. The number of amides is 1. The van der Waals surface area contributed by atoms with Gasteiger partial charge in [0.15, 0.2) is 5.84 Å². The summed E-state index contributed by atoms with van der Waals surface area (Å²) in [4.78, 5) is 32.4. The predicted molar refractivity (Wildman–Crippen MR) is 132 cm³/mol. The Hall–Kier alpha value is -3.67. The molecule has 4 rings (SSSR count). The van der Waals surface area contributed by atoms with Gasteiger partial charge in [0.05, 0.1) is 12.1 Å². The summed E-state index contributed by atoms with van der Waals surface area (Å²) < 4.78 is 0. The quantitative estimate of drug-likeness (QED) is 0.504. The summed E-state index contributed by atoms with van der Waals surface area (Å²) in [5, 5.41) is 13.8. The van der Waals surface area contributed by atoms with Crippen molar-refractivity contribution in [2.75, 3.05) is 0 Å². The van der Waals surface area contributed by atoms with Gasteiger partial charge < -0.3 is 9.94 Å². The van der Waals surface area contributed by atoms with E-state index in [0.29, 0.717) is 30.8 Å². The Morgan fingerprint density at radius 3 is 2.68 bits per heavy atom. The van der Waals surface area contributed by atoms with Crippen LogP contribution < -0.4 is 0 Å². The highest BCUT2D eigenvalue weighted by Gasteiger charge is 2.34. The maximum absolute atomic E-state index is 13.4. The molecule has 1 heterocycles. The lowest BCUT2D eigenvalue weighted by Gasteiger charge is -2.32. The van der Waals surface area contributed by atoms with Crippen LogP contribution in [-0.2, 0) is 16.2 Å². The first-order valence-corrected chi connectivity index (χ1v) is 11.9. The average molecular weight is 459 g/mol. The average Bonchev–Trinajstić information content (AvgIpc) is 2.87. The summed E-state index contributed by atoms with van der Waals surface area (Å²) in [7, 11) is 0. The van der Waals surface area contributed by atoms with E-state index in [0.717, 1.165) is 36.8 Å². The number of carboxylic acids is 1. The first-order chi connectivity index (χ1) is 16.6. The zero-order valence-corrected chi connectivity index (χ0v) is 19.4. The molecule has 6 heteroatoms. The molecular formula is C28H30N2O4. The number of hydrogen-bond donors (Lipinski definition) is 1. The molecule has 1 amide bonds. The second-order valence-electron chi connectivity index (χ2n) is 8.67. The number of aromatic carboxylic acids is 1. The van der Waals surface area contributed by atoms with Crippen molar-refractivity contribution in [2.45, 2.75) is 58.1 Å². The van der Waals surface area contributed by atoms with Crippen molar-refractivity contribution in [1.29, 1.82) is 0 Å². The van der Waals surface area contributed by atoms with Crippen LogP contribution in [0.1, 0.15) is 61.4 Å². The number of nitrogens with zero attached hydrogens (tertiary/aromatic N) is 2. The fourth-order valence-corrected chi connectivity index (χ4v) is 4.28. The minimum Gasteiger partial charge on any atom is -0.478 e. The Bertz CT molecular complexity index is 1130. The van der Waals surface area contributed by atoms with Crippen LogP contribution in [0.4, 0.5) is 0 Å². The van der Waals surface area contributed by atoms with E-state index in [1.165, 1.54) is 5.57 Å². The lowest BCUT2D eigenvalue weighted by molar-refractivity contribution is -0.143. The molecule has 0 bridgehead atoms. The molecule has 2 aromatic carbocycles. The molecule has 0 saturated heterocycles. The van der Waals surface area contributed by atoms with E-state index in [1.807, 2.05) is 36.4 Å². The van der Waals surface area contributed by atoms with Crippen LogP contribution in [-0.4, -0.2) is 33.8 Å². The van der Waals surface area contributed by atoms with Crippen molar-refractivity contribution in [3.63, 3.8) is 0 Å². The number of amidine groups is 1. The molecule has 0 saturated carbocycles. The normalized spacial score (nSPS) is 17.7. The topological polar surface area (TPSA) is 79.2 Å². The molecule has 2 aromatic rings. The third-order valence-electron chi connectivity index (χ3n) is 6.20. The molecule has 1 N–H and O–H groups in total. The molecule has 1 aliphatic carbocycles. The van der Waals surface area contributed by atoms with E-state index >= 15 is 0 Å². The summed E-state index contributed by atoms with van der Waals surface area (Å²) in [6, 6.07) is 14.7. The van der Waals surface area contributed by atoms with Gasteiger partial charge in [-0.2, -0.15) is 0 Å². The van der Waals surface area contributed by atoms with E-state index in [2.05, 4.69) is 24.2 Å². The fraction of sp³-hybridized carbons (Fsp3) is 0.321. The molecule has 0 fully saturated rings. The lowest BCUT2D eigenvalue weighted by atomic mass is 9.97. The molecule has 1 unspecified atom stereocenters. The van der Waals surface area contributed by atoms with Crippen LogP contribution in [0.5, 0.6) is 0 Å². The maximum atomic E-state index is 13.4. The van der Waals surface area contributed by atoms with Crippen molar-refractivity contribution in [3.8, 4) is 11.1 Å². The first kappa shape index (κ1) is 23.5. The van der Waals surface area contributed by atoms with Crippen LogP contribution in [0.25, 0.3) is 11.1 Å². The van der Waals surface area contributed by atoms with E-state index in [4.69, 9.17) is 4.84 Å². The number of carboxylic acid groups (broad SMARTS) is 1. The molecular weight excluding hydrogens is 428 g/mol. The molecule has 34 heavy (non-hydrogen) atoms. The van der Waals surface area contributed by atoms with Crippen molar-refractivity contribution in [2.24, 2.45) is 5.16 Å². The highest BCUT2D eigenvalue weighted by molar-refractivity contribution is 6.01. The largest absolute Gasteiger partial charge is 0.478 e. The Kier molecular flexibility index (Phi) is 7.58. The van der Waals surface area contributed by atoms with Gasteiger partial charge in [-0.15, -0.1) is 0 Å². The predicted octanol–water partition coefficient (Wildman–Crippen LogP) is 5.95. The highest BCUT2D eigenvalue weighted by Crippen LogP contribution is 2.27. The van der Waals surface area contributed by atoms with Gasteiger partial charge in [-0.3, -0.25) is 9.69 Å². The number of hydrogen-bond acceptors (Lipinski definition) is 4. The zero-order chi connectivity index (χ0) is 23.9. The van der Waals surface area contributed by atoms with Gasteiger partial charge >= 0.3 is 5.97 Å². The van der Waals surface area contributed by atoms with Crippen LogP contribution in [0.2, 0.25) is 0 Å². The first-order valence-electron chi connectivity index (χ1n) is 11.9. The second kappa shape index (κ2) is 11.0. The van der Waals surface area contributed by atoms with Crippen LogP contribution in [0.3, 0.4) is 0 Å². The van der Waals surface area contributed by atoms with Gasteiger partial charge in [-0.05, 0) is 42.0 Å². The van der Waals surface area contributed by atoms with Crippen molar-refractivity contribution in [3.05, 3.63) is 83.5 Å². The lowest BCUT2D eigenvalue weighted by Crippen LogP contribution is -2.47. The number of oxime groups is 1. The third kappa shape index (κ3) is 5.45. The Labute approximate surface area is 200 Å². The standard InChI is InChI=1S/C28H30N2O4/c1-2-3-13-26-29-34-25(18-20-9-5-4-6-10-20)27(31)30(26)19-21-14-16-22(17-15-21)23-11-7-8-12-24(23)28(32)33/h4-5,7-9,11-12,14-17,25H,2-3,6,10,13,18-19H2,1H3,(H,32,33). The van der Waals surface area contributed by atoms with Crippen LogP contribution in [0.15, 0.2) is 77.5 Å². The fourth-order valence-electron chi connectivity index (χ4n) is 4.28. The van der Waals surface area contributed by atoms with Crippen molar-refractivity contribution in [1.82, 2.24) is 4.90 Å². The van der Waals surface area contributed by atoms with Crippen molar-refractivity contribution < 1.29 is 19.5 Å². The van der Waals surface area contributed by atoms with Gasteiger partial charge in [-0.25, -0.2) is 4.79 Å². The van der Waals surface area contributed by atoms with E-state index in [9.17, 15) is 14.7 Å². The molecule has 2 aliphatic rings. The summed E-state index contributed by atoms with van der Waals surface area (Å²) in [5.74, 6) is -0.345. The highest BCUT2D eigenvalue weighted by atomic mass is 16.6. The zero-order valence-electron chi connectivity index (χ0n) is 19.4. The summed E-state index contributed by atoms with van der Waals surface area (Å²) >= 11 is 0. The van der Waals surface area contributed by atoms with Gasteiger partial charge in [0, 0.05) is 12.8 Å². The molecule has 6 nitrogen and oxygen atoms in total. The number of unbranched alkanes of at least 4 members (excludes halogenated alkanes) is 1. The number of carbonyl (C=O) groups is 2. The van der Waals surface area contributed by atoms with Gasteiger partial charge in [-0.1, -0.05) is 84.8 Å². The van der Waals surface area contributed by atoms with E-state index in [1.54, 1.807) is 23.1 Å². The van der Waals surface area contributed by atoms with Crippen LogP contribution >= 0.6 is 0 Å². The van der Waals surface area contributed by atoms with Crippen LogP contribution in [0, 0.1) is 0 Å². The molecule has 0 aromatic heterocycles. The SMILES string of the molecule is CCCCC1=NOC(CC2=CC=CCC2)C(=O)N1Cc1ccc(-c2ccccc2C(=O)O)cc1. The molecule has 0 spiro atoms. The monoisotopic (exact) mass is 458 g/mol. The molecule has 1 atom stereocenters. The summed E-state index contributed by atoms with van der Waals surface area (Å²) in [6.07, 6.45) is 10.7. The minimum atomic E-state index is -0.954. The van der Waals surface area contributed by atoms with Crippen molar-refractivity contribution >= 4 is 17.7 Å². The number of carbonyl (C=O) groups excluding carboxylic acids is 1. The molecule has 176 valence electrons. The molecule has 0 radical (unpaired) electrons. The summed E-state index contributed by atoms with van der Waals surface area (Å²) in [6.45, 7) is 2.51. The Morgan fingerprint density at radius 1 is 1.18 bits per heavy atom. The third-order valence-corrected chi connectivity index (χ3v) is 6.20. The minimum absolute atomic E-state index is 0.0585. The van der Waals surface area contributed by atoms with E-state index < -0.39 is 12.1 Å². The Morgan fingerprint density at radius 2 is 1.97 bits per heavy atom. The van der Waals surface area contributed by atoms with E-state index in [-0.39, 0.29) is 11.5 Å². The van der Waals surface area contributed by atoms with Gasteiger partial charge in [0.2, 0.25) is 6.10 Å². The smallest absolute Gasteiger partial charge is 0.336 e. The Balaban J connectivity index is 1.53. The number of benzene rings is 2. The second-order valence-corrected chi connectivity index (χ2v) is 8.67.